The Bertz CT molecular complexity index is 535. The smallest absolute Gasteiger partial charge is 0.327 e. The van der Waals surface area contributed by atoms with Crippen LogP contribution >= 0.6 is 22.6 Å². The zero-order valence-electron chi connectivity index (χ0n) is 13.8. The van der Waals surface area contributed by atoms with Gasteiger partial charge in [-0.25, -0.2) is 0 Å². The first-order valence-electron chi connectivity index (χ1n) is 7.57. The average molecular weight is 430 g/mol. The van der Waals surface area contributed by atoms with E-state index in [-0.39, 0.29) is 6.42 Å². The molecule has 0 aliphatic rings. The Morgan fingerprint density at radius 1 is 1.13 bits per heavy atom. The Morgan fingerprint density at radius 3 is 2.13 bits per heavy atom. The van der Waals surface area contributed by atoms with Crippen LogP contribution in [0.15, 0.2) is 40.0 Å². The minimum absolute atomic E-state index is 0.228. The molecule has 5 heteroatoms. The first-order chi connectivity index (χ1) is 11.1. The van der Waals surface area contributed by atoms with Crippen LogP contribution in [0.25, 0.3) is 0 Å². The largest absolute Gasteiger partial charge is 0.468 e. The Kier molecular flexibility index (Phi) is 8.30. The van der Waals surface area contributed by atoms with E-state index >= 15 is 0 Å². The van der Waals surface area contributed by atoms with Crippen molar-refractivity contribution in [3.05, 3.63) is 45.6 Å². The number of esters is 2. The fourth-order valence-electron chi connectivity index (χ4n) is 2.58. The van der Waals surface area contributed by atoms with E-state index in [4.69, 9.17) is 9.47 Å². The van der Waals surface area contributed by atoms with Gasteiger partial charge in [-0.3, -0.25) is 9.59 Å². The molecule has 0 radical (unpaired) electrons. The zero-order valence-corrected chi connectivity index (χ0v) is 16.0. The highest BCUT2D eigenvalue weighted by Crippen LogP contribution is 2.38. The molecule has 0 amide bonds. The van der Waals surface area contributed by atoms with Gasteiger partial charge in [0.1, 0.15) is 0 Å². The molecule has 0 saturated carbocycles. The van der Waals surface area contributed by atoms with E-state index in [0.717, 1.165) is 24.0 Å². The number of hydrogen-bond acceptors (Lipinski definition) is 4. The summed E-state index contributed by atoms with van der Waals surface area (Å²) in [4.78, 5) is 25.3. The monoisotopic (exact) mass is 430 g/mol. The number of rotatable bonds is 8. The van der Waals surface area contributed by atoms with Gasteiger partial charge in [-0.15, -0.1) is 0 Å². The number of carbonyl (C=O) groups excluding carboxylic acids is 2. The Hall–Kier alpha value is -1.37. The van der Waals surface area contributed by atoms with Crippen molar-refractivity contribution in [3.63, 3.8) is 0 Å². The number of unbranched alkanes of at least 4 members (excludes halogenated alkanes) is 1. The van der Waals surface area contributed by atoms with Crippen molar-refractivity contribution in [2.24, 2.45) is 5.41 Å². The van der Waals surface area contributed by atoms with Gasteiger partial charge in [0, 0.05) is 6.42 Å². The number of ether oxygens (including phenoxy) is 2. The molecule has 0 fully saturated rings. The van der Waals surface area contributed by atoms with Crippen LogP contribution in [0.3, 0.4) is 0 Å². The molecular weight excluding hydrogens is 407 g/mol. The molecule has 1 rings (SSSR count). The summed E-state index contributed by atoms with van der Waals surface area (Å²) in [6.45, 7) is 2.07. The third-order valence-electron chi connectivity index (χ3n) is 3.86. The van der Waals surface area contributed by atoms with Crippen molar-refractivity contribution in [1.82, 2.24) is 0 Å². The van der Waals surface area contributed by atoms with Gasteiger partial charge in [-0.1, -0.05) is 66.3 Å². The maximum absolute atomic E-state index is 12.6. The number of halogens is 1. The van der Waals surface area contributed by atoms with Crippen LogP contribution in [0, 0.1) is 5.41 Å². The van der Waals surface area contributed by atoms with Crippen LogP contribution < -0.4 is 0 Å². The molecule has 0 atom stereocenters. The van der Waals surface area contributed by atoms with E-state index in [9.17, 15) is 9.59 Å². The minimum atomic E-state index is -1.43. The molecule has 0 aromatic heterocycles. The van der Waals surface area contributed by atoms with Crippen LogP contribution in [0.4, 0.5) is 0 Å². The molecule has 0 N–H and O–H groups in total. The molecule has 1 aromatic rings. The van der Waals surface area contributed by atoms with Crippen molar-refractivity contribution in [2.45, 2.75) is 32.6 Å². The maximum Gasteiger partial charge on any atom is 0.327 e. The fraction of sp³-hybridized carbons (Fsp3) is 0.444. The number of hydrogen-bond donors (Lipinski definition) is 0. The van der Waals surface area contributed by atoms with E-state index < -0.39 is 17.4 Å². The lowest BCUT2D eigenvalue weighted by Gasteiger charge is -2.31. The quantitative estimate of drug-likeness (QED) is 0.355. The van der Waals surface area contributed by atoms with Gasteiger partial charge in [0.2, 0.25) is 0 Å². The highest BCUT2D eigenvalue weighted by molar-refractivity contribution is 14.1. The van der Waals surface area contributed by atoms with E-state index in [1.807, 2.05) is 34.4 Å². The predicted octanol–water partition coefficient (Wildman–Crippen LogP) is 4.07. The van der Waals surface area contributed by atoms with Crippen LogP contribution in [0.2, 0.25) is 0 Å². The highest BCUT2D eigenvalue weighted by Gasteiger charge is 2.51. The van der Waals surface area contributed by atoms with Crippen molar-refractivity contribution < 1.29 is 19.1 Å². The summed E-state index contributed by atoms with van der Waals surface area (Å²) in [6.07, 6.45) is 2.74. The van der Waals surface area contributed by atoms with Gasteiger partial charge in [-0.2, -0.15) is 0 Å². The standard InChI is InChI=1S/C18H23IO4/c1-4-5-11-15(13-19)18(16(20)22-2,17(21)23-3)12-14-9-7-6-8-10-14/h6-10,13H,4-5,11-12H2,1-3H3/b15-13+. The molecule has 126 valence electrons. The Morgan fingerprint density at radius 2 is 1.70 bits per heavy atom. The van der Waals surface area contributed by atoms with Crippen molar-refractivity contribution in [3.8, 4) is 0 Å². The first kappa shape index (κ1) is 19.7. The molecular formula is C18H23IO4. The summed E-state index contributed by atoms with van der Waals surface area (Å²) in [5.41, 5.74) is 0.194. The summed E-state index contributed by atoms with van der Waals surface area (Å²) in [7, 11) is 2.60. The molecule has 1 aromatic carbocycles. The van der Waals surface area contributed by atoms with Crippen LogP contribution in [-0.2, 0) is 25.5 Å². The second-order valence-electron chi connectivity index (χ2n) is 5.29. The van der Waals surface area contributed by atoms with Crippen molar-refractivity contribution in [2.75, 3.05) is 14.2 Å². The van der Waals surface area contributed by atoms with Crippen molar-refractivity contribution >= 4 is 34.5 Å². The minimum Gasteiger partial charge on any atom is -0.468 e. The van der Waals surface area contributed by atoms with E-state index in [1.54, 1.807) is 0 Å². The highest BCUT2D eigenvalue weighted by atomic mass is 127. The van der Waals surface area contributed by atoms with Gasteiger partial charge in [0.15, 0.2) is 5.41 Å². The number of methoxy groups -OCH3 is 2. The average Bonchev–Trinajstić information content (AvgIpc) is 2.60. The summed E-state index contributed by atoms with van der Waals surface area (Å²) in [5, 5.41) is 0. The van der Waals surface area contributed by atoms with Crippen molar-refractivity contribution in [1.29, 1.82) is 0 Å². The van der Waals surface area contributed by atoms with E-state index in [2.05, 4.69) is 29.5 Å². The fourth-order valence-corrected chi connectivity index (χ4v) is 3.43. The van der Waals surface area contributed by atoms with Gasteiger partial charge >= 0.3 is 11.9 Å². The molecule has 4 nitrogen and oxygen atoms in total. The second kappa shape index (κ2) is 9.70. The van der Waals surface area contributed by atoms with Crippen LogP contribution in [0.1, 0.15) is 31.7 Å². The van der Waals surface area contributed by atoms with Crippen LogP contribution in [0.5, 0.6) is 0 Å². The predicted molar refractivity (Wildman–Crippen MR) is 98.2 cm³/mol. The lowest BCUT2D eigenvalue weighted by atomic mass is 9.73. The van der Waals surface area contributed by atoms with Crippen LogP contribution in [-0.4, -0.2) is 26.2 Å². The van der Waals surface area contributed by atoms with E-state index in [0.29, 0.717) is 6.42 Å². The number of carbonyl (C=O) groups is 2. The SMILES string of the molecule is CCCC/C(=C\I)C(Cc1ccccc1)(C(=O)OC)C(=O)OC. The summed E-state index contributed by atoms with van der Waals surface area (Å²) >= 11 is 2.08. The molecule has 0 aliphatic carbocycles. The molecule has 0 unspecified atom stereocenters. The molecule has 0 bridgehead atoms. The topological polar surface area (TPSA) is 52.6 Å². The maximum atomic E-state index is 12.6. The molecule has 0 aliphatic heterocycles. The Labute approximate surface area is 151 Å². The summed E-state index contributed by atoms with van der Waals surface area (Å²) < 4.78 is 11.8. The van der Waals surface area contributed by atoms with Gasteiger partial charge in [-0.05, 0) is 28.1 Å². The molecule has 0 spiro atoms. The molecule has 23 heavy (non-hydrogen) atoms. The molecule has 0 heterocycles. The zero-order chi connectivity index (χ0) is 17.3. The normalized spacial score (nSPS) is 11.9. The third kappa shape index (κ3) is 4.56. The second-order valence-corrected chi connectivity index (χ2v) is 5.91. The third-order valence-corrected chi connectivity index (χ3v) is 4.61. The van der Waals surface area contributed by atoms with Gasteiger partial charge in [0.05, 0.1) is 14.2 Å². The molecule has 0 saturated heterocycles. The van der Waals surface area contributed by atoms with Gasteiger partial charge < -0.3 is 9.47 Å². The lowest BCUT2D eigenvalue weighted by Crippen LogP contribution is -2.45. The van der Waals surface area contributed by atoms with Gasteiger partial charge in [0.25, 0.3) is 0 Å². The summed E-state index contributed by atoms with van der Waals surface area (Å²) in [5.74, 6) is -1.15. The van der Waals surface area contributed by atoms with E-state index in [1.165, 1.54) is 14.2 Å². The summed E-state index contributed by atoms with van der Waals surface area (Å²) in [6, 6.07) is 9.45. The Balaban J connectivity index is 3.40. The lowest BCUT2D eigenvalue weighted by molar-refractivity contribution is -0.166. The first-order valence-corrected chi connectivity index (χ1v) is 8.81. The number of benzene rings is 1.